The van der Waals surface area contributed by atoms with Gasteiger partial charge in [0.05, 0.1) is 39.3 Å². The maximum atomic E-state index is 5.59. The van der Waals surface area contributed by atoms with Crippen molar-refractivity contribution >= 4 is 54.3 Å². The van der Waals surface area contributed by atoms with Crippen molar-refractivity contribution in [2.45, 2.75) is 0 Å². The summed E-state index contributed by atoms with van der Waals surface area (Å²) in [5.74, 6) is 0.702. The monoisotopic (exact) mass is 776 g/mol. The Morgan fingerprint density at radius 2 is 0.902 bits per heavy atom. The zero-order chi connectivity index (χ0) is 40.3. The molecule has 0 aliphatic rings. The van der Waals surface area contributed by atoms with Crippen LogP contribution >= 0.6 is 0 Å². The molecule has 284 valence electrons. The predicted octanol–water partition coefficient (Wildman–Crippen LogP) is 14.8. The topological polar surface area (TPSA) is 43.6 Å². The van der Waals surface area contributed by atoms with E-state index in [2.05, 4.69) is 187 Å². The molecule has 9 aromatic carbocycles. The van der Waals surface area contributed by atoms with Gasteiger partial charge in [-0.05, 0) is 35.2 Å². The summed E-state index contributed by atoms with van der Waals surface area (Å²) in [4.78, 5) is 15.7. The summed E-state index contributed by atoms with van der Waals surface area (Å²) >= 11 is 0. The van der Waals surface area contributed by atoms with Gasteiger partial charge in [-0.25, -0.2) is 15.0 Å². The fourth-order valence-corrected chi connectivity index (χ4v) is 9.18. The smallest absolute Gasteiger partial charge is 0.160 e. The molecular weight excluding hydrogens is 741 g/mol. The summed E-state index contributed by atoms with van der Waals surface area (Å²) in [5.41, 5.74) is 13.5. The van der Waals surface area contributed by atoms with Gasteiger partial charge < -0.3 is 4.57 Å². The van der Waals surface area contributed by atoms with Crippen LogP contribution in [0.5, 0.6) is 0 Å². The summed E-state index contributed by atoms with van der Waals surface area (Å²) in [6.07, 6.45) is 0. The molecule has 0 aliphatic heterocycles. The SMILES string of the molecule is c1ccc(-c2cc(-c3ccc(-c4cccc5c4nc(-c4ccccc4)c4ccc6c(c7ccccc7n6-c6cccc7ccccc67)c45)cc3)nc(-c3ccccc3)n2)cc1. The second-order valence-electron chi connectivity index (χ2n) is 15.5. The van der Waals surface area contributed by atoms with Crippen LogP contribution < -0.4 is 0 Å². The van der Waals surface area contributed by atoms with Crippen LogP contribution in [0.1, 0.15) is 0 Å². The normalized spacial score (nSPS) is 11.6. The lowest BCUT2D eigenvalue weighted by molar-refractivity contribution is 1.18. The quantitative estimate of drug-likeness (QED) is 0.158. The first-order chi connectivity index (χ1) is 30.3. The first-order valence-corrected chi connectivity index (χ1v) is 20.7. The Bertz CT molecular complexity index is 3550. The van der Waals surface area contributed by atoms with Crippen molar-refractivity contribution in [1.29, 1.82) is 0 Å². The Morgan fingerprint density at radius 1 is 0.328 bits per heavy atom. The molecule has 0 bridgehead atoms. The second-order valence-corrected chi connectivity index (χ2v) is 15.5. The van der Waals surface area contributed by atoms with Crippen molar-refractivity contribution < 1.29 is 0 Å². The number of rotatable bonds is 6. The first kappa shape index (κ1) is 34.8. The van der Waals surface area contributed by atoms with Crippen LogP contribution in [0.2, 0.25) is 0 Å². The standard InChI is InChI=1S/C57H36N4/c1-4-17-39(18-5-1)48-36-49(59-57(58-48)42-21-8-3-9-22-42)40-32-30-38(31-33-40)44-26-15-27-46-53-47(55(60-56(44)46)41-19-6-2-7-20-41)34-35-52-54(53)45-25-12-13-28-51(45)61(52)50-29-14-23-37-16-10-11-24-43(37)50/h1-36H. The molecule has 0 radical (unpaired) electrons. The minimum Gasteiger partial charge on any atom is -0.309 e. The third kappa shape index (κ3) is 5.80. The number of para-hydroxylation sites is 2. The van der Waals surface area contributed by atoms with Crippen molar-refractivity contribution in [3.05, 3.63) is 218 Å². The third-order valence-electron chi connectivity index (χ3n) is 12.0. The Labute approximate surface area is 352 Å². The van der Waals surface area contributed by atoms with Gasteiger partial charge in [-0.3, -0.25) is 0 Å². The number of benzene rings is 9. The van der Waals surface area contributed by atoms with Crippen LogP contribution in [0.3, 0.4) is 0 Å². The average molecular weight is 777 g/mol. The fraction of sp³-hybridized carbons (Fsp3) is 0. The summed E-state index contributed by atoms with van der Waals surface area (Å²) < 4.78 is 2.45. The van der Waals surface area contributed by atoms with E-state index in [1.54, 1.807) is 0 Å². The molecule has 0 spiro atoms. The van der Waals surface area contributed by atoms with Crippen molar-refractivity contribution in [3.63, 3.8) is 0 Å². The molecule has 61 heavy (non-hydrogen) atoms. The molecule has 4 nitrogen and oxygen atoms in total. The molecule has 0 saturated carbocycles. The Balaban J connectivity index is 1.09. The van der Waals surface area contributed by atoms with Crippen LogP contribution in [0, 0.1) is 0 Å². The fourth-order valence-electron chi connectivity index (χ4n) is 9.18. The van der Waals surface area contributed by atoms with Crippen LogP contribution in [0.15, 0.2) is 218 Å². The lowest BCUT2D eigenvalue weighted by atomic mass is 9.93. The van der Waals surface area contributed by atoms with Crippen molar-refractivity contribution in [2.24, 2.45) is 0 Å². The van der Waals surface area contributed by atoms with E-state index in [4.69, 9.17) is 15.0 Å². The van der Waals surface area contributed by atoms with Gasteiger partial charge in [0.25, 0.3) is 0 Å². The predicted molar refractivity (Wildman–Crippen MR) is 254 cm³/mol. The minimum absolute atomic E-state index is 0.702. The number of fused-ring (bicyclic) bond motifs is 8. The summed E-state index contributed by atoms with van der Waals surface area (Å²) in [5, 5.41) is 8.34. The van der Waals surface area contributed by atoms with E-state index in [-0.39, 0.29) is 0 Å². The highest BCUT2D eigenvalue weighted by Crippen LogP contribution is 2.44. The highest BCUT2D eigenvalue weighted by molar-refractivity contribution is 6.30. The van der Waals surface area contributed by atoms with Gasteiger partial charge in [0.2, 0.25) is 0 Å². The van der Waals surface area contributed by atoms with Crippen molar-refractivity contribution in [2.75, 3.05) is 0 Å². The van der Waals surface area contributed by atoms with E-state index in [1.165, 1.54) is 43.7 Å². The largest absolute Gasteiger partial charge is 0.309 e. The van der Waals surface area contributed by atoms with Crippen LogP contribution in [-0.4, -0.2) is 19.5 Å². The van der Waals surface area contributed by atoms with E-state index >= 15 is 0 Å². The number of hydrogen-bond acceptors (Lipinski definition) is 3. The molecule has 0 aliphatic carbocycles. The zero-order valence-corrected chi connectivity index (χ0v) is 33.1. The molecule has 0 atom stereocenters. The van der Waals surface area contributed by atoms with Crippen LogP contribution in [0.4, 0.5) is 0 Å². The molecule has 12 aromatic rings. The van der Waals surface area contributed by atoms with E-state index in [0.29, 0.717) is 5.82 Å². The van der Waals surface area contributed by atoms with Gasteiger partial charge >= 0.3 is 0 Å². The molecule has 4 heteroatoms. The molecule has 0 saturated heterocycles. The van der Waals surface area contributed by atoms with Crippen molar-refractivity contribution in [3.8, 4) is 62.0 Å². The maximum Gasteiger partial charge on any atom is 0.160 e. The van der Waals surface area contributed by atoms with Crippen LogP contribution in [0.25, 0.3) is 116 Å². The lowest BCUT2D eigenvalue weighted by Crippen LogP contribution is -1.96. The Morgan fingerprint density at radius 3 is 1.66 bits per heavy atom. The third-order valence-corrected chi connectivity index (χ3v) is 12.0. The van der Waals surface area contributed by atoms with Gasteiger partial charge in [0.15, 0.2) is 5.82 Å². The molecule has 3 heterocycles. The second kappa shape index (κ2) is 14.3. The summed E-state index contributed by atoms with van der Waals surface area (Å²) in [7, 11) is 0. The molecule has 12 rings (SSSR count). The molecule has 0 fully saturated rings. The molecule has 0 unspecified atom stereocenters. The van der Waals surface area contributed by atoms with E-state index < -0.39 is 0 Å². The van der Waals surface area contributed by atoms with E-state index in [9.17, 15) is 0 Å². The van der Waals surface area contributed by atoms with Gasteiger partial charge in [-0.2, -0.15) is 0 Å². The number of pyridine rings is 1. The zero-order valence-electron chi connectivity index (χ0n) is 33.1. The number of aromatic nitrogens is 4. The van der Waals surface area contributed by atoms with E-state index in [1.807, 2.05) is 36.4 Å². The summed E-state index contributed by atoms with van der Waals surface area (Å²) in [6, 6.07) is 77.3. The van der Waals surface area contributed by atoms with Gasteiger partial charge in [-0.15, -0.1) is 0 Å². The molecule has 0 N–H and O–H groups in total. The minimum atomic E-state index is 0.702. The molecule has 0 amide bonds. The molecular formula is C57H36N4. The highest BCUT2D eigenvalue weighted by atomic mass is 15.0. The maximum absolute atomic E-state index is 5.59. The van der Waals surface area contributed by atoms with Gasteiger partial charge in [0, 0.05) is 60.1 Å². The van der Waals surface area contributed by atoms with E-state index in [0.717, 1.165) is 66.8 Å². The number of nitrogens with zero attached hydrogens (tertiary/aromatic N) is 4. The van der Waals surface area contributed by atoms with Gasteiger partial charge in [-0.1, -0.05) is 194 Å². The van der Waals surface area contributed by atoms with Crippen molar-refractivity contribution in [1.82, 2.24) is 19.5 Å². The number of hydrogen-bond donors (Lipinski definition) is 0. The molecule has 3 aromatic heterocycles. The Hall–Kier alpha value is -8.21. The Kier molecular flexibility index (Phi) is 8.13. The highest BCUT2D eigenvalue weighted by Gasteiger charge is 2.21. The lowest BCUT2D eigenvalue weighted by Gasteiger charge is -2.15. The summed E-state index contributed by atoms with van der Waals surface area (Å²) in [6.45, 7) is 0. The van der Waals surface area contributed by atoms with Crippen LogP contribution in [-0.2, 0) is 0 Å². The average Bonchev–Trinajstić information content (AvgIpc) is 3.68. The van der Waals surface area contributed by atoms with Gasteiger partial charge in [0.1, 0.15) is 0 Å². The first-order valence-electron chi connectivity index (χ1n) is 20.7.